The fourth-order valence-corrected chi connectivity index (χ4v) is 1.73. The number of hydrogen-bond acceptors (Lipinski definition) is 4. The Balaban J connectivity index is 2.13. The lowest BCUT2D eigenvalue weighted by Crippen LogP contribution is -2.26. The minimum Gasteiger partial charge on any atom is -0.445 e. The number of hydrogen-bond donors (Lipinski definition) is 1. The molecule has 0 aliphatic heterocycles. The van der Waals surface area contributed by atoms with E-state index < -0.39 is 0 Å². The number of oxazole rings is 1. The summed E-state index contributed by atoms with van der Waals surface area (Å²) in [4.78, 5) is 6.09. The molecule has 1 aromatic heterocycles. The molecule has 17 heavy (non-hydrogen) atoms. The van der Waals surface area contributed by atoms with E-state index in [4.69, 9.17) is 4.42 Å². The van der Waals surface area contributed by atoms with Crippen LogP contribution in [0.15, 0.2) is 41.1 Å². The summed E-state index contributed by atoms with van der Waals surface area (Å²) in [5, 5.41) is 9.32. The molecule has 1 unspecified atom stereocenters. The van der Waals surface area contributed by atoms with Gasteiger partial charge in [0.1, 0.15) is 6.26 Å². The van der Waals surface area contributed by atoms with Gasteiger partial charge in [-0.2, -0.15) is 0 Å². The van der Waals surface area contributed by atoms with Gasteiger partial charge in [-0.3, -0.25) is 0 Å². The van der Waals surface area contributed by atoms with Gasteiger partial charge >= 0.3 is 0 Å². The molecule has 1 N–H and O–H groups in total. The summed E-state index contributed by atoms with van der Waals surface area (Å²) in [5.41, 5.74) is 2.01. The molecule has 90 valence electrons. The molecule has 0 spiro atoms. The number of nitrogens with zero attached hydrogens (tertiary/aromatic N) is 2. The first kappa shape index (κ1) is 11.7. The number of rotatable bonds is 4. The Labute approximate surface area is 101 Å². The highest BCUT2D eigenvalue weighted by Gasteiger charge is 2.06. The van der Waals surface area contributed by atoms with Crippen molar-refractivity contribution >= 4 is 5.69 Å². The predicted octanol–water partition coefficient (Wildman–Crippen LogP) is 2.16. The van der Waals surface area contributed by atoms with E-state index in [0.29, 0.717) is 12.4 Å². The average Bonchev–Trinajstić information content (AvgIpc) is 2.82. The molecule has 2 aromatic rings. The first-order valence-corrected chi connectivity index (χ1v) is 5.56. The Morgan fingerprint density at radius 1 is 1.35 bits per heavy atom. The number of benzene rings is 1. The molecule has 0 bridgehead atoms. The molecule has 1 atom stereocenters. The number of aliphatic hydroxyl groups excluding tert-OH is 1. The van der Waals surface area contributed by atoms with Gasteiger partial charge in [0, 0.05) is 24.8 Å². The van der Waals surface area contributed by atoms with Crippen LogP contribution in [0.3, 0.4) is 0 Å². The summed E-state index contributed by atoms with van der Waals surface area (Å²) < 4.78 is 5.22. The Kier molecular flexibility index (Phi) is 3.44. The molecule has 4 heteroatoms. The second-order valence-electron chi connectivity index (χ2n) is 4.11. The van der Waals surface area contributed by atoms with Gasteiger partial charge in [-0.25, -0.2) is 4.98 Å². The standard InChI is InChI=1S/C13H16N2O2/c1-10(16)9-15(2)12-5-3-11(4-6-12)13-14-7-8-17-13/h3-8,10,16H,9H2,1-2H3. The highest BCUT2D eigenvalue weighted by atomic mass is 16.3. The molecule has 0 amide bonds. The van der Waals surface area contributed by atoms with Crippen molar-refractivity contribution in [3.63, 3.8) is 0 Å². The van der Waals surface area contributed by atoms with E-state index in [1.54, 1.807) is 19.4 Å². The van der Waals surface area contributed by atoms with E-state index in [-0.39, 0.29) is 6.10 Å². The van der Waals surface area contributed by atoms with Crippen LogP contribution < -0.4 is 4.90 Å². The number of likely N-dealkylation sites (N-methyl/N-ethyl adjacent to an activating group) is 1. The van der Waals surface area contributed by atoms with Crippen LogP contribution in [0, 0.1) is 0 Å². The molecule has 4 nitrogen and oxygen atoms in total. The highest BCUT2D eigenvalue weighted by molar-refractivity contribution is 5.59. The van der Waals surface area contributed by atoms with Gasteiger partial charge in [0.05, 0.1) is 12.3 Å². The zero-order valence-electron chi connectivity index (χ0n) is 10.00. The Hall–Kier alpha value is -1.81. The summed E-state index contributed by atoms with van der Waals surface area (Å²) >= 11 is 0. The van der Waals surface area contributed by atoms with E-state index in [1.165, 1.54) is 0 Å². The van der Waals surface area contributed by atoms with Crippen molar-refractivity contribution in [2.75, 3.05) is 18.5 Å². The zero-order chi connectivity index (χ0) is 12.3. The van der Waals surface area contributed by atoms with Gasteiger partial charge in [-0.05, 0) is 31.2 Å². The SMILES string of the molecule is CC(O)CN(C)c1ccc(-c2ncco2)cc1. The smallest absolute Gasteiger partial charge is 0.225 e. The highest BCUT2D eigenvalue weighted by Crippen LogP contribution is 2.21. The van der Waals surface area contributed by atoms with Gasteiger partial charge in [0.2, 0.25) is 5.89 Å². The lowest BCUT2D eigenvalue weighted by molar-refractivity contribution is 0.201. The zero-order valence-corrected chi connectivity index (χ0v) is 10.00. The molecule has 2 rings (SSSR count). The van der Waals surface area contributed by atoms with Crippen molar-refractivity contribution in [1.29, 1.82) is 0 Å². The summed E-state index contributed by atoms with van der Waals surface area (Å²) in [7, 11) is 1.95. The molecule has 0 fully saturated rings. The van der Waals surface area contributed by atoms with E-state index in [0.717, 1.165) is 11.3 Å². The maximum absolute atomic E-state index is 9.32. The predicted molar refractivity (Wildman–Crippen MR) is 66.9 cm³/mol. The van der Waals surface area contributed by atoms with Crippen LogP contribution in [0.4, 0.5) is 5.69 Å². The third-order valence-electron chi connectivity index (χ3n) is 2.53. The molecule has 0 aliphatic carbocycles. The number of anilines is 1. The fourth-order valence-electron chi connectivity index (χ4n) is 1.73. The summed E-state index contributed by atoms with van der Waals surface area (Å²) in [6, 6.07) is 7.89. The molecular weight excluding hydrogens is 216 g/mol. The summed E-state index contributed by atoms with van der Waals surface area (Å²) in [6.45, 7) is 2.38. The van der Waals surface area contributed by atoms with Crippen LogP contribution in [-0.2, 0) is 0 Å². The molecule has 0 saturated heterocycles. The second kappa shape index (κ2) is 5.01. The van der Waals surface area contributed by atoms with Crippen LogP contribution in [0.25, 0.3) is 11.5 Å². The Morgan fingerprint density at radius 2 is 2.06 bits per heavy atom. The van der Waals surface area contributed by atoms with Crippen LogP contribution >= 0.6 is 0 Å². The quantitative estimate of drug-likeness (QED) is 0.877. The van der Waals surface area contributed by atoms with Gasteiger partial charge in [-0.1, -0.05) is 0 Å². The lowest BCUT2D eigenvalue weighted by Gasteiger charge is -2.20. The molecule has 0 radical (unpaired) electrons. The van der Waals surface area contributed by atoms with Crippen molar-refractivity contribution in [1.82, 2.24) is 4.98 Å². The normalized spacial score (nSPS) is 12.4. The molecule has 1 aromatic carbocycles. The lowest BCUT2D eigenvalue weighted by atomic mass is 10.2. The molecule has 0 aliphatic rings. The first-order valence-electron chi connectivity index (χ1n) is 5.56. The Bertz CT molecular complexity index is 449. The Morgan fingerprint density at radius 3 is 2.59 bits per heavy atom. The molecule has 1 heterocycles. The van der Waals surface area contributed by atoms with Gasteiger partial charge in [0.25, 0.3) is 0 Å². The van der Waals surface area contributed by atoms with E-state index in [9.17, 15) is 5.11 Å². The molecule has 0 saturated carbocycles. The first-order chi connectivity index (χ1) is 8.16. The summed E-state index contributed by atoms with van der Waals surface area (Å²) in [5.74, 6) is 0.620. The second-order valence-corrected chi connectivity index (χ2v) is 4.11. The topological polar surface area (TPSA) is 49.5 Å². The van der Waals surface area contributed by atoms with Crippen molar-refractivity contribution in [3.8, 4) is 11.5 Å². The van der Waals surface area contributed by atoms with E-state index in [2.05, 4.69) is 4.98 Å². The minimum atomic E-state index is -0.341. The van der Waals surface area contributed by atoms with Crippen LogP contribution in [-0.4, -0.2) is 29.8 Å². The molecular formula is C13H16N2O2. The monoisotopic (exact) mass is 232 g/mol. The third-order valence-corrected chi connectivity index (χ3v) is 2.53. The van der Waals surface area contributed by atoms with E-state index in [1.807, 2.05) is 36.2 Å². The van der Waals surface area contributed by atoms with Crippen molar-refractivity contribution in [2.45, 2.75) is 13.0 Å². The largest absolute Gasteiger partial charge is 0.445 e. The van der Waals surface area contributed by atoms with Crippen molar-refractivity contribution in [3.05, 3.63) is 36.7 Å². The van der Waals surface area contributed by atoms with Gasteiger partial charge in [-0.15, -0.1) is 0 Å². The van der Waals surface area contributed by atoms with Crippen molar-refractivity contribution < 1.29 is 9.52 Å². The maximum atomic E-state index is 9.32. The number of aliphatic hydroxyl groups is 1. The van der Waals surface area contributed by atoms with Crippen molar-refractivity contribution in [2.24, 2.45) is 0 Å². The van der Waals surface area contributed by atoms with Crippen LogP contribution in [0.5, 0.6) is 0 Å². The summed E-state index contributed by atoms with van der Waals surface area (Å²) in [6.07, 6.45) is 2.84. The fraction of sp³-hybridized carbons (Fsp3) is 0.308. The maximum Gasteiger partial charge on any atom is 0.225 e. The third kappa shape index (κ3) is 2.85. The average molecular weight is 232 g/mol. The number of aromatic nitrogens is 1. The minimum absolute atomic E-state index is 0.341. The van der Waals surface area contributed by atoms with Gasteiger partial charge < -0.3 is 14.4 Å². The van der Waals surface area contributed by atoms with E-state index >= 15 is 0 Å². The van der Waals surface area contributed by atoms with Gasteiger partial charge in [0.15, 0.2) is 0 Å². The van der Waals surface area contributed by atoms with Crippen LogP contribution in [0.2, 0.25) is 0 Å². The van der Waals surface area contributed by atoms with Crippen LogP contribution in [0.1, 0.15) is 6.92 Å².